The molecule has 0 aliphatic carbocycles. The molecule has 0 aromatic heterocycles. The Morgan fingerprint density at radius 3 is 2.47 bits per heavy atom. The first-order valence-corrected chi connectivity index (χ1v) is 6.71. The third-order valence-corrected chi connectivity index (χ3v) is 4.23. The van der Waals surface area contributed by atoms with E-state index in [-0.39, 0.29) is 17.6 Å². The Kier molecular flexibility index (Phi) is 7.08. The SMILES string of the molecule is COCC(O)CNCCS(=O)(=O)C(C)C. The molecule has 0 aliphatic heterocycles. The summed E-state index contributed by atoms with van der Waals surface area (Å²) in [7, 11) is -1.48. The molecule has 1 unspecified atom stereocenters. The van der Waals surface area contributed by atoms with Crippen molar-refractivity contribution in [1.29, 1.82) is 0 Å². The van der Waals surface area contributed by atoms with E-state index in [2.05, 4.69) is 5.32 Å². The summed E-state index contributed by atoms with van der Waals surface area (Å²) in [5.74, 6) is 0.102. The predicted molar refractivity (Wildman–Crippen MR) is 59.7 cm³/mol. The van der Waals surface area contributed by atoms with E-state index in [0.29, 0.717) is 13.1 Å². The van der Waals surface area contributed by atoms with Gasteiger partial charge in [0.1, 0.15) is 0 Å². The molecule has 0 saturated heterocycles. The summed E-state index contributed by atoms with van der Waals surface area (Å²) in [4.78, 5) is 0. The summed E-state index contributed by atoms with van der Waals surface area (Å²) < 4.78 is 27.5. The third kappa shape index (κ3) is 6.83. The van der Waals surface area contributed by atoms with Gasteiger partial charge in [0.25, 0.3) is 0 Å². The van der Waals surface area contributed by atoms with Crippen LogP contribution < -0.4 is 5.32 Å². The van der Waals surface area contributed by atoms with Crippen LogP contribution in [0.25, 0.3) is 0 Å². The molecule has 92 valence electrons. The van der Waals surface area contributed by atoms with Crippen molar-refractivity contribution in [3.05, 3.63) is 0 Å². The number of hydrogen-bond donors (Lipinski definition) is 2. The van der Waals surface area contributed by atoms with Crippen molar-refractivity contribution in [3.63, 3.8) is 0 Å². The molecule has 5 nitrogen and oxygen atoms in total. The second-order valence-electron chi connectivity index (χ2n) is 3.73. The first-order valence-electron chi connectivity index (χ1n) is 4.99. The fourth-order valence-electron chi connectivity index (χ4n) is 0.970. The second-order valence-corrected chi connectivity index (χ2v) is 6.41. The summed E-state index contributed by atoms with van der Waals surface area (Å²) in [6.07, 6.45) is -0.586. The average Bonchev–Trinajstić information content (AvgIpc) is 2.13. The second kappa shape index (κ2) is 7.16. The zero-order chi connectivity index (χ0) is 11.9. The highest BCUT2D eigenvalue weighted by Crippen LogP contribution is 1.98. The van der Waals surface area contributed by atoms with Crippen LogP contribution in [0, 0.1) is 0 Å². The van der Waals surface area contributed by atoms with Gasteiger partial charge in [-0.15, -0.1) is 0 Å². The number of nitrogens with one attached hydrogen (secondary N) is 1. The zero-order valence-corrected chi connectivity index (χ0v) is 10.4. The van der Waals surface area contributed by atoms with Gasteiger partial charge < -0.3 is 15.2 Å². The first-order chi connectivity index (χ1) is 6.90. The summed E-state index contributed by atoms with van der Waals surface area (Å²) in [5.41, 5.74) is 0. The number of rotatable bonds is 8. The lowest BCUT2D eigenvalue weighted by atomic mass is 10.4. The maximum Gasteiger partial charge on any atom is 0.153 e. The normalized spacial score (nSPS) is 14.5. The standard InChI is InChI=1S/C9H21NO4S/c1-8(2)15(12,13)5-4-10-6-9(11)7-14-3/h8-11H,4-7H2,1-3H3. The quantitative estimate of drug-likeness (QED) is 0.554. The molecule has 0 aromatic carbocycles. The molecule has 6 heteroatoms. The Balaban J connectivity index is 3.63. The van der Waals surface area contributed by atoms with Gasteiger partial charge in [0, 0.05) is 20.2 Å². The highest BCUT2D eigenvalue weighted by Gasteiger charge is 2.15. The lowest BCUT2D eigenvalue weighted by Gasteiger charge is -2.11. The molecule has 0 heterocycles. The summed E-state index contributed by atoms with van der Waals surface area (Å²) in [6.45, 7) is 4.29. The smallest absolute Gasteiger partial charge is 0.153 e. The predicted octanol–water partition coefficient (Wildman–Crippen LogP) is -0.593. The lowest BCUT2D eigenvalue weighted by molar-refractivity contribution is 0.0650. The molecule has 0 rings (SSSR count). The molecular formula is C9H21NO4S. The van der Waals surface area contributed by atoms with Gasteiger partial charge in [0.15, 0.2) is 9.84 Å². The molecule has 0 aromatic rings. The zero-order valence-electron chi connectivity index (χ0n) is 9.56. The summed E-state index contributed by atoms with van der Waals surface area (Å²) in [5, 5.41) is 11.8. The molecule has 0 radical (unpaired) electrons. The van der Waals surface area contributed by atoms with Crippen LogP contribution in [0.15, 0.2) is 0 Å². The molecule has 0 spiro atoms. The number of aliphatic hydroxyl groups is 1. The topological polar surface area (TPSA) is 75.6 Å². The highest BCUT2D eigenvalue weighted by atomic mass is 32.2. The van der Waals surface area contributed by atoms with E-state index >= 15 is 0 Å². The van der Waals surface area contributed by atoms with E-state index in [1.54, 1.807) is 13.8 Å². The van der Waals surface area contributed by atoms with Gasteiger partial charge in [-0.05, 0) is 13.8 Å². The van der Waals surface area contributed by atoms with Crippen molar-refractivity contribution in [2.75, 3.05) is 32.6 Å². The minimum Gasteiger partial charge on any atom is -0.389 e. The van der Waals surface area contributed by atoms with E-state index in [1.165, 1.54) is 7.11 Å². The third-order valence-electron chi connectivity index (χ3n) is 2.02. The number of hydrogen-bond acceptors (Lipinski definition) is 5. The van der Waals surface area contributed by atoms with Crippen LogP contribution in [-0.2, 0) is 14.6 Å². The van der Waals surface area contributed by atoms with Crippen LogP contribution in [0.4, 0.5) is 0 Å². The fourth-order valence-corrected chi connectivity index (χ4v) is 1.87. The van der Waals surface area contributed by atoms with Crippen molar-refractivity contribution in [2.45, 2.75) is 25.2 Å². The number of aliphatic hydroxyl groups excluding tert-OH is 1. The van der Waals surface area contributed by atoms with Gasteiger partial charge in [0.2, 0.25) is 0 Å². The average molecular weight is 239 g/mol. The van der Waals surface area contributed by atoms with Crippen LogP contribution in [0.3, 0.4) is 0 Å². The van der Waals surface area contributed by atoms with Crippen molar-refractivity contribution in [2.24, 2.45) is 0 Å². The molecule has 0 amide bonds. The Morgan fingerprint density at radius 2 is 2.00 bits per heavy atom. The van der Waals surface area contributed by atoms with Gasteiger partial charge in [-0.3, -0.25) is 0 Å². The van der Waals surface area contributed by atoms with Crippen molar-refractivity contribution in [1.82, 2.24) is 5.32 Å². The Labute approximate surface area is 91.7 Å². The van der Waals surface area contributed by atoms with Crippen LogP contribution in [-0.4, -0.2) is 57.4 Å². The van der Waals surface area contributed by atoms with Gasteiger partial charge in [-0.25, -0.2) is 8.42 Å². The molecule has 1 atom stereocenters. The van der Waals surface area contributed by atoms with Crippen molar-refractivity contribution < 1.29 is 18.3 Å². The number of methoxy groups -OCH3 is 1. The van der Waals surface area contributed by atoms with Gasteiger partial charge in [-0.1, -0.05) is 0 Å². The minimum atomic E-state index is -2.98. The van der Waals surface area contributed by atoms with Crippen molar-refractivity contribution >= 4 is 9.84 Å². The fraction of sp³-hybridized carbons (Fsp3) is 1.00. The summed E-state index contributed by atoms with van der Waals surface area (Å²) in [6, 6.07) is 0. The van der Waals surface area contributed by atoms with E-state index in [4.69, 9.17) is 4.74 Å². The maximum atomic E-state index is 11.4. The molecule has 0 bridgehead atoms. The van der Waals surface area contributed by atoms with Gasteiger partial charge >= 0.3 is 0 Å². The molecule has 15 heavy (non-hydrogen) atoms. The van der Waals surface area contributed by atoms with E-state index < -0.39 is 15.9 Å². The molecule has 0 saturated carbocycles. The molecule has 0 fully saturated rings. The monoisotopic (exact) mass is 239 g/mol. The summed E-state index contributed by atoms with van der Waals surface area (Å²) >= 11 is 0. The van der Waals surface area contributed by atoms with Crippen LogP contribution in [0.2, 0.25) is 0 Å². The highest BCUT2D eigenvalue weighted by molar-refractivity contribution is 7.92. The minimum absolute atomic E-state index is 0.102. The van der Waals surface area contributed by atoms with E-state index in [1.807, 2.05) is 0 Å². The number of sulfone groups is 1. The molecular weight excluding hydrogens is 218 g/mol. The van der Waals surface area contributed by atoms with Gasteiger partial charge in [-0.2, -0.15) is 0 Å². The Morgan fingerprint density at radius 1 is 1.40 bits per heavy atom. The maximum absolute atomic E-state index is 11.4. The largest absolute Gasteiger partial charge is 0.389 e. The molecule has 0 aliphatic rings. The Bertz CT molecular complexity index is 251. The molecule has 2 N–H and O–H groups in total. The first kappa shape index (κ1) is 14.8. The van der Waals surface area contributed by atoms with Crippen molar-refractivity contribution in [3.8, 4) is 0 Å². The van der Waals surface area contributed by atoms with Crippen LogP contribution in [0.5, 0.6) is 0 Å². The van der Waals surface area contributed by atoms with Crippen LogP contribution >= 0.6 is 0 Å². The Hall–Kier alpha value is -0.170. The number of ether oxygens (including phenoxy) is 1. The van der Waals surface area contributed by atoms with Gasteiger partial charge in [0.05, 0.1) is 23.7 Å². The van der Waals surface area contributed by atoms with E-state index in [9.17, 15) is 13.5 Å². The lowest BCUT2D eigenvalue weighted by Crippen LogP contribution is -2.34. The van der Waals surface area contributed by atoms with Crippen LogP contribution in [0.1, 0.15) is 13.8 Å². The van der Waals surface area contributed by atoms with E-state index in [0.717, 1.165) is 0 Å².